The molecule has 0 aliphatic rings. The fourth-order valence-corrected chi connectivity index (χ4v) is 1.20. The first kappa shape index (κ1) is 10.3. The minimum Gasteiger partial charge on any atom is -0.261 e. The quantitative estimate of drug-likeness (QED) is 0.627. The van der Waals surface area contributed by atoms with Gasteiger partial charge in [-0.05, 0) is 31.2 Å². The van der Waals surface area contributed by atoms with Gasteiger partial charge in [-0.15, -0.1) is 0 Å². The number of hydrogen-bond acceptors (Lipinski definition) is 4. The van der Waals surface area contributed by atoms with Crippen LogP contribution < -0.4 is 5.43 Å². The average Bonchev–Trinajstić information content (AvgIpc) is 2.38. The summed E-state index contributed by atoms with van der Waals surface area (Å²) in [6.07, 6.45) is 3.46. The second-order valence-electron chi connectivity index (χ2n) is 3.24. The monoisotopic (exact) mass is 212 g/mol. The predicted molar refractivity (Wildman–Crippen MR) is 64.3 cm³/mol. The van der Waals surface area contributed by atoms with E-state index in [1.165, 1.54) is 0 Å². The lowest BCUT2D eigenvalue weighted by Gasteiger charge is -2.01. The van der Waals surface area contributed by atoms with Crippen LogP contribution in [0.1, 0.15) is 12.6 Å². The summed E-state index contributed by atoms with van der Waals surface area (Å²) in [7, 11) is 0. The van der Waals surface area contributed by atoms with E-state index in [1.807, 2.05) is 43.3 Å². The van der Waals surface area contributed by atoms with Crippen molar-refractivity contribution in [1.29, 1.82) is 0 Å². The Bertz CT molecular complexity index is 465. The molecular weight excluding hydrogens is 200 g/mol. The van der Waals surface area contributed by atoms with E-state index < -0.39 is 0 Å². The van der Waals surface area contributed by atoms with E-state index in [-0.39, 0.29) is 0 Å². The molecule has 0 aliphatic heterocycles. The van der Waals surface area contributed by atoms with Crippen LogP contribution in [0, 0.1) is 0 Å². The summed E-state index contributed by atoms with van der Waals surface area (Å²) in [6, 6.07) is 11.3. The lowest BCUT2D eigenvalue weighted by Crippen LogP contribution is -2.02. The largest absolute Gasteiger partial charge is 0.261 e. The molecule has 0 bridgehead atoms. The maximum Gasteiger partial charge on any atom is 0.146 e. The van der Waals surface area contributed by atoms with Gasteiger partial charge >= 0.3 is 0 Å². The first-order chi connectivity index (χ1) is 7.86. The van der Waals surface area contributed by atoms with Crippen LogP contribution in [0.2, 0.25) is 0 Å². The number of pyridine rings is 2. The Balaban J connectivity index is 2.09. The minimum atomic E-state index is 0.720. The molecule has 0 radical (unpaired) electrons. The molecule has 2 heterocycles. The number of hydrazone groups is 1. The molecule has 0 amide bonds. The molecule has 2 aromatic rings. The fourth-order valence-electron chi connectivity index (χ4n) is 1.20. The van der Waals surface area contributed by atoms with Crippen LogP contribution in [0.4, 0.5) is 5.82 Å². The van der Waals surface area contributed by atoms with Gasteiger partial charge in [-0.2, -0.15) is 5.10 Å². The van der Waals surface area contributed by atoms with Gasteiger partial charge in [0.1, 0.15) is 5.82 Å². The van der Waals surface area contributed by atoms with Crippen molar-refractivity contribution in [3.8, 4) is 0 Å². The van der Waals surface area contributed by atoms with E-state index in [0.717, 1.165) is 17.2 Å². The van der Waals surface area contributed by atoms with Gasteiger partial charge in [0, 0.05) is 12.4 Å². The Morgan fingerprint density at radius 3 is 2.44 bits per heavy atom. The van der Waals surface area contributed by atoms with Crippen LogP contribution >= 0.6 is 0 Å². The highest BCUT2D eigenvalue weighted by Crippen LogP contribution is 2.01. The van der Waals surface area contributed by atoms with Gasteiger partial charge in [-0.3, -0.25) is 10.4 Å². The van der Waals surface area contributed by atoms with Crippen molar-refractivity contribution in [1.82, 2.24) is 9.97 Å². The van der Waals surface area contributed by atoms with Crippen LogP contribution in [0.15, 0.2) is 53.9 Å². The molecule has 2 rings (SSSR count). The number of aromatic nitrogens is 2. The maximum atomic E-state index is 4.21. The molecule has 0 saturated heterocycles. The zero-order chi connectivity index (χ0) is 11.2. The Morgan fingerprint density at radius 2 is 1.81 bits per heavy atom. The van der Waals surface area contributed by atoms with Crippen LogP contribution in [-0.4, -0.2) is 15.7 Å². The van der Waals surface area contributed by atoms with E-state index in [9.17, 15) is 0 Å². The average molecular weight is 212 g/mol. The predicted octanol–water partition coefficient (Wildman–Crippen LogP) is 2.31. The first-order valence-corrected chi connectivity index (χ1v) is 4.99. The standard InChI is InChI=1S/C12H12N4/c1-10(11-6-2-4-8-13-11)15-16-12-7-3-5-9-14-12/h2-9H,1H3,(H,14,16). The molecule has 80 valence electrons. The van der Waals surface area contributed by atoms with Crippen molar-refractivity contribution in [2.24, 2.45) is 5.10 Å². The van der Waals surface area contributed by atoms with Gasteiger partial charge < -0.3 is 0 Å². The number of rotatable bonds is 3. The van der Waals surface area contributed by atoms with Gasteiger partial charge in [-0.25, -0.2) is 4.98 Å². The van der Waals surface area contributed by atoms with Crippen molar-refractivity contribution in [3.05, 3.63) is 54.5 Å². The van der Waals surface area contributed by atoms with Crippen LogP contribution in [-0.2, 0) is 0 Å². The van der Waals surface area contributed by atoms with E-state index >= 15 is 0 Å². The molecule has 0 fully saturated rings. The van der Waals surface area contributed by atoms with Crippen molar-refractivity contribution < 1.29 is 0 Å². The van der Waals surface area contributed by atoms with Gasteiger partial charge in [0.25, 0.3) is 0 Å². The Kier molecular flexibility index (Phi) is 3.23. The number of nitrogens with zero attached hydrogens (tertiary/aromatic N) is 3. The van der Waals surface area contributed by atoms with Crippen molar-refractivity contribution >= 4 is 11.5 Å². The zero-order valence-corrected chi connectivity index (χ0v) is 8.96. The summed E-state index contributed by atoms with van der Waals surface area (Å²) >= 11 is 0. The number of nitrogens with one attached hydrogen (secondary N) is 1. The van der Waals surface area contributed by atoms with E-state index in [4.69, 9.17) is 0 Å². The summed E-state index contributed by atoms with van der Waals surface area (Å²) < 4.78 is 0. The first-order valence-electron chi connectivity index (χ1n) is 4.99. The molecule has 0 aliphatic carbocycles. The summed E-state index contributed by atoms with van der Waals surface area (Å²) in [5, 5.41) is 4.21. The highest BCUT2D eigenvalue weighted by molar-refractivity contribution is 5.97. The van der Waals surface area contributed by atoms with E-state index in [0.29, 0.717) is 0 Å². The highest BCUT2D eigenvalue weighted by atomic mass is 15.3. The molecule has 4 nitrogen and oxygen atoms in total. The lowest BCUT2D eigenvalue weighted by molar-refractivity contribution is 1.20. The second-order valence-corrected chi connectivity index (χ2v) is 3.24. The summed E-state index contributed by atoms with van der Waals surface area (Å²) in [4.78, 5) is 8.31. The molecule has 0 unspecified atom stereocenters. The van der Waals surface area contributed by atoms with Crippen molar-refractivity contribution in [2.45, 2.75) is 6.92 Å². The molecule has 0 atom stereocenters. The van der Waals surface area contributed by atoms with Crippen LogP contribution in [0.25, 0.3) is 0 Å². The zero-order valence-electron chi connectivity index (χ0n) is 8.96. The van der Waals surface area contributed by atoms with E-state index in [1.54, 1.807) is 12.4 Å². The van der Waals surface area contributed by atoms with Crippen molar-refractivity contribution in [2.75, 3.05) is 5.43 Å². The smallest absolute Gasteiger partial charge is 0.146 e. The Morgan fingerprint density at radius 1 is 1.06 bits per heavy atom. The van der Waals surface area contributed by atoms with Gasteiger partial charge in [0.15, 0.2) is 0 Å². The molecule has 4 heteroatoms. The van der Waals surface area contributed by atoms with Gasteiger partial charge in [-0.1, -0.05) is 12.1 Å². The summed E-state index contributed by atoms with van der Waals surface area (Å²) in [6.45, 7) is 1.90. The molecule has 16 heavy (non-hydrogen) atoms. The third kappa shape index (κ3) is 2.63. The fraction of sp³-hybridized carbons (Fsp3) is 0.0833. The SMILES string of the molecule is CC(=NNc1ccccn1)c1ccccn1. The Labute approximate surface area is 94.1 Å². The normalized spacial score (nSPS) is 11.2. The summed E-state index contributed by atoms with van der Waals surface area (Å²) in [5.74, 6) is 0.720. The Hall–Kier alpha value is -2.23. The highest BCUT2D eigenvalue weighted by Gasteiger charge is 1.96. The number of anilines is 1. The van der Waals surface area contributed by atoms with Gasteiger partial charge in [0.05, 0.1) is 11.4 Å². The van der Waals surface area contributed by atoms with E-state index in [2.05, 4.69) is 20.5 Å². The van der Waals surface area contributed by atoms with Gasteiger partial charge in [0.2, 0.25) is 0 Å². The minimum absolute atomic E-state index is 0.720. The topological polar surface area (TPSA) is 50.2 Å². The van der Waals surface area contributed by atoms with Crippen molar-refractivity contribution in [3.63, 3.8) is 0 Å². The third-order valence-electron chi connectivity index (χ3n) is 2.04. The lowest BCUT2D eigenvalue weighted by atomic mass is 10.3. The molecular formula is C12H12N4. The summed E-state index contributed by atoms with van der Waals surface area (Å²) in [5.41, 5.74) is 4.56. The third-order valence-corrected chi connectivity index (χ3v) is 2.04. The molecule has 1 N–H and O–H groups in total. The molecule has 0 saturated carbocycles. The maximum absolute atomic E-state index is 4.21. The number of hydrogen-bond donors (Lipinski definition) is 1. The second kappa shape index (κ2) is 5.02. The molecule has 2 aromatic heterocycles. The molecule has 0 aromatic carbocycles. The van der Waals surface area contributed by atoms with Crippen LogP contribution in [0.3, 0.4) is 0 Å². The van der Waals surface area contributed by atoms with Crippen LogP contribution in [0.5, 0.6) is 0 Å². The molecule has 0 spiro atoms.